The molecule has 0 aliphatic heterocycles. The Bertz CT molecular complexity index is 976. The van der Waals surface area contributed by atoms with E-state index >= 15 is 0 Å². The number of aromatic nitrogens is 6. The molecule has 3 heterocycles. The minimum absolute atomic E-state index is 0.542. The van der Waals surface area contributed by atoms with Gasteiger partial charge in [-0.05, 0) is 19.1 Å². The van der Waals surface area contributed by atoms with Crippen LogP contribution in [0.25, 0.3) is 16.6 Å². The molecule has 4 aromatic rings. The van der Waals surface area contributed by atoms with Gasteiger partial charge in [-0.2, -0.15) is 4.52 Å². The van der Waals surface area contributed by atoms with Crippen molar-refractivity contribution in [2.24, 2.45) is 0 Å². The van der Waals surface area contributed by atoms with Crippen molar-refractivity contribution in [2.45, 2.75) is 24.8 Å². The lowest BCUT2D eigenvalue weighted by Crippen LogP contribution is -1.98. The Kier molecular flexibility index (Phi) is 3.04. The van der Waals surface area contributed by atoms with Gasteiger partial charge >= 0.3 is 0 Å². The third-order valence-electron chi connectivity index (χ3n) is 3.15. The molecule has 0 saturated carbocycles. The second-order valence-electron chi connectivity index (χ2n) is 4.81. The van der Waals surface area contributed by atoms with Crippen LogP contribution in [-0.2, 0) is 5.75 Å². The SMILES string of the molecule is Cc1nc2c3ccccc3nc(SCc3nnc(C)o3)n2n1. The van der Waals surface area contributed by atoms with Gasteiger partial charge in [0.05, 0.1) is 11.3 Å². The number of hydrogen-bond donors (Lipinski definition) is 0. The van der Waals surface area contributed by atoms with Crippen molar-refractivity contribution in [3.8, 4) is 0 Å². The molecule has 0 unspecified atom stereocenters. The molecular weight excluding hydrogens is 300 g/mol. The maximum atomic E-state index is 5.39. The summed E-state index contributed by atoms with van der Waals surface area (Å²) in [5.74, 6) is 2.39. The molecule has 0 aliphatic rings. The van der Waals surface area contributed by atoms with Gasteiger partial charge in [-0.25, -0.2) is 9.97 Å². The van der Waals surface area contributed by atoms with Crippen LogP contribution in [0, 0.1) is 13.8 Å². The number of rotatable bonds is 3. The number of hydrogen-bond acceptors (Lipinski definition) is 7. The van der Waals surface area contributed by atoms with Crippen LogP contribution in [0.1, 0.15) is 17.6 Å². The molecule has 7 nitrogen and oxygen atoms in total. The summed E-state index contributed by atoms with van der Waals surface area (Å²) in [6.45, 7) is 3.64. The van der Waals surface area contributed by atoms with E-state index < -0.39 is 0 Å². The van der Waals surface area contributed by atoms with E-state index in [0.717, 1.165) is 21.7 Å². The minimum atomic E-state index is 0.542. The minimum Gasteiger partial charge on any atom is -0.425 e. The largest absolute Gasteiger partial charge is 0.425 e. The molecule has 110 valence electrons. The van der Waals surface area contributed by atoms with Gasteiger partial charge in [-0.1, -0.05) is 23.9 Å². The van der Waals surface area contributed by atoms with Gasteiger partial charge in [0, 0.05) is 12.3 Å². The highest BCUT2D eigenvalue weighted by Crippen LogP contribution is 2.25. The summed E-state index contributed by atoms with van der Waals surface area (Å²) >= 11 is 1.50. The first kappa shape index (κ1) is 13.2. The van der Waals surface area contributed by atoms with Gasteiger partial charge in [0.2, 0.25) is 11.8 Å². The van der Waals surface area contributed by atoms with E-state index in [9.17, 15) is 0 Å². The Labute approximate surface area is 129 Å². The first-order valence-corrected chi connectivity index (χ1v) is 7.73. The summed E-state index contributed by atoms with van der Waals surface area (Å²) < 4.78 is 7.16. The third-order valence-corrected chi connectivity index (χ3v) is 4.06. The van der Waals surface area contributed by atoms with Crippen molar-refractivity contribution in [3.63, 3.8) is 0 Å². The lowest BCUT2D eigenvalue weighted by molar-refractivity contribution is 0.485. The van der Waals surface area contributed by atoms with Crippen LogP contribution in [0.4, 0.5) is 0 Å². The Hall–Kier alpha value is -2.48. The van der Waals surface area contributed by atoms with Crippen LogP contribution in [-0.4, -0.2) is 29.8 Å². The second kappa shape index (κ2) is 5.06. The molecule has 4 rings (SSSR count). The van der Waals surface area contributed by atoms with E-state index in [-0.39, 0.29) is 0 Å². The van der Waals surface area contributed by atoms with Crippen LogP contribution >= 0.6 is 11.8 Å². The molecule has 0 spiro atoms. The fourth-order valence-corrected chi connectivity index (χ4v) is 3.03. The number of thioether (sulfide) groups is 1. The third kappa shape index (κ3) is 2.21. The number of para-hydroxylation sites is 1. The molecule has 0 amide bonds. The highest BCUT2D eigenvalue weighted by Gasteiger charge is 2.13. The molecule has 3 aromatic heterocycles. The van der Waals surface area contributed by atoms with E-state index in [2.05, 4.69) is 25.3 Å². The molecular formula is C14H12N6OS. The van der Waals surface area contributed by atoms with E-state index in [1.54, 1.807) is 11.4 Å². The number of aryl methyl sites for hydroxylation is 2. The van der Waals surface area contributed by atoms with Crippen LogP contribution in [0.15, 0.2) is 33.8 Å². The number of fused-ring (bicyclic) bond motifs is 3. The zero-order chi connectivity index (χ0) is 15.1. The molecule has 0 fully saturated rings. The smallest absolute Gasteiger partial charge is 0.226 e. The van der Waals surface area contributed by atoms with Crippen molar-refractivity contribution < 1.29 is 4.42 Å². The summed E-state index contributed by atoms with van der Waals surface area (Å²) in [7, 11) is 0. The molecule has 8 heteroatoms. The summed E-state index contributed by atoms with van der Waals surface area (Å²) in [5, 5.41) is 14.0. The maximum absolute atomic E-state index is 5.39. The normalized spacial score (nSPS) is 11.5. The topological polar surface area (TPSA) is 82.0 Å². The highest BCUT2D eigenvalue weighted by molar-refractivity contribution is 7.98. The predicted molar refractivity (Wildman–Crippen MR) is 81.6 cm³/mol. The van der Waals surface area contributed by atoms with Gasteiger partial charge in [0.1, 0.15) is 5.82 Å². The Morgan fingerprint density at radius 1 is 1.14 bits per heavy atom. The zero-order valence-corrected chi connectivity index (χ0v) is 12.8. The van der Waals surface area contributed by atoms with Gasteiger partial charge in [-0.3, -0.25) is 0 Å². The standard InChI is InChI=1S/C14H12N6OS/c1-8-15-13-10-5-3-4-6-11(10)16-14(20(13)19-8)22-7-12-18-17-9(2)21-12/h3-6H,7H2,1-2H3. The molecule has 22 heavy (non-hydrogen) atoms. The van der Waals surface area contributed by atoms with E-state index in [1.807, 2.05) is 31.2 Å². The average molecular weight is 312 g/mol. The van der Waals surface area contributed by atoms with E-state index in [4.69, 9.17) is 4.42 Å². The summed E-state index contributed by atoms with van der Waals surface area (Å²) in [6.07, 6.45) is 0. The first-order chi connectivity index (χ1) is 10.7. The second-order valence-corrected chi connectivity index (χ2v) is 5.75. The quantitative estimate of drug-likeness (QED) is 0.424. The maximum Gasteiger partial charge on any atom is 0.226 e. The molecule has 1 aromatic carbocycles. The van der Waals surface area contributed by atoms with E-state index in [0.29, 0.717) is 23.4 Å². The summed E-state index contributed by atoms with van der Waals surface area (Å²) in [4.78, 5) is 9.18. The summed E-state index contributed by atoms with van der Waals surface area (Å²) in [6, 6.07) is 7.91. The fourth-order valence-electron chi connectivity index (χ4n) is 2.25. The molecule has 0 radical (unpaired) electrons. The zero-order valence-electron chi connectivity index (χ0n) is 12.0. The summed E-state index contributed by atoms with van der Waals surface area (Å²) in [5.41, 5.74) is 1.71. The number of benzene rings is 1. The monoisotopic (exact) mass is 312 g/mol. The first-order valence-electron chi connectivity index (χ1n) is 6.74. The van der Waals surface area contributed by atoms with Crippen molar-refractivity contribution >= 4 is 28.3 Å². The molecule has 0 saturated heterocycles. The lowest BCUT2D eigenvalue weighted by atomic mass is 10.2. The average Bonchev–Trinajstić information content (AvgIpc) is 3.10. The van der Waals surface area contributed by atoms with Gasteiger partial charge in [-0.15, -0.1) is 15.3 Å². The Balaban J connectivity index is 1.80. The van der Waals surface area contributed by atoms with Crippen LogP contribution < -0.4 is 0 Å². The molecule has 0 N–H and O–H groups in total. The van der Waals surface area contributed by atoms with Crippen LogP contribution in [0.5, 0.6) is 0 Å². The predicted octanol–water partition coefficient (Wildman–Crippen LogP) is 2.57. The van der Waals surface area contributed by atoms with Crippen LogP contribution in [0.3, 0.4) is 0 Å². The van der Waals surface area contributed by atoms with Crippen LogP contribution in [0.2, 0.25) is 0 Å². The van der Waals surface area contributed by atoms with E-state index in [1.165, 1.54) is 11.8 Å². The molecule has 0 aliphatic carbocycles. The van der Waals surface area contributed by atoms with Gasteiger partial charge in [0.15, 0.2) is 10.8 Å². The van der Waals surface area contributed by atoms with Crippen molar-refractivity contribution in [2.75, 3.05) is 0 Å². The van der Waals surface area contributed by atoms with Crippen molar-refractivity contribution in [3.05, 3.63) is 41.9 Å². The van der Waals surface area contributed by atoms with Gasteiger partial charge < -0.3 is 4.42 Å². The number of nitrogens with zero attached hydrogens (tertiary/aromatic N) is 6. The van der Waals surface area contributed by atoms with Crippen molar-refractivity contribution in [1.82, 2.24) is 29.8 Å². The Morgan fingerprint density at radius 3 is 2.82 bits per heavy atom. The highest BCUT2D eigenvalue weighted by atomic mass is 32.2. The Morgan fingerprint density at radius 2 is 2.00 bits per heavy atom. The molecule has 0 bridgehead atoms. The fraction of sp³-hybridized carbons (Fsp3) is 0.214. The molecule has 0 atom stereocenters. The van der Waals surface area contributed by atoms with Gasteiger partial charge in [0.25, 0.3) is 0 Å². The lowest BCUT2D eigenvalue weighted by Gasteiger charge is -2.04. The van der Waals surface area contributed by atoms with Crippen molar-refractivity contribution in [1.29, 1.82) is 0 Å².